The number of benzene rings is 5. The van der Waals surface area contributed by atoms with Gasteiger partial charge in [0.05, 0.1) is 22.5 Å². The summed E-state index contributed by atoms with van der Waals surface area (Å²) in [5.41, 5.74) is 5.98. The second kappa shape index (κ2) is 14.5. The molecule has 5 rings (SSSR count). The molecule has 0 aliphatic heterocycles. The van der Waals surface area contributed by atoms with E-state index in [1.165, 1.54) is 5.56 Å². The zero-order chi connectivity index (χ0) is 30.7. The van der Waals surface area contributed by atoms with Gasteiger partial charge in [0, 0.05) is 12.4 Å². The van der Waals surface area contributed by atoms with Crippen molar-refractivity contribution in [2.45, 2.75) is 26.7 Å². The molecule has 6 heteroatoms. The lowest BCUT2D eigenvalue weighted by molar-refractivity contribution is 0.0692. The van der Waals surface area contributed by atoms with Gasteiger partial charge in [-0.05, 0) is 95.8 Å². The average molecular weight is 581 g/mol. The number of hydrogen-bond donors (Lipinski definition) is 0. The largest absolute Gasteiger partial charge is 0.423 e. The highest BCUT2D eigenvalue weighted by atomic mass is 16.5. The van der Waals surface area contributed by atoms with Crippen LogP contribution in [0.1, 0.15) is 56.8 Å². The van der Waals surface area contributed by atoms with Crippen LogP contribution in [0, 0.1) is 0 Å². The lowest BCUT2D eigenvalue weighted by atomic mass is 10.1. The first-order chi connectivity index (χ1) is 21.5. The molecular formula is C38H32N2O4. The van der Waals surface area contributed by atoms with Crippen LogP contribution in [0.25, 0.3) is 0 Å². The van der Waals surface area contributed by atoms with Crippen molar-refractivity contribution in [3.05, 3.63) is 155 Å². The zero-order valence-corrected chi connectivity index (χ0v) is 24.6. The topological polar surface area (TPSA) is 77.3 Å². The standard InChI is InChI=1S/C38H32N2O4/c1-3-29-13-5-9-18-35(29)39-25-27-20-22-31(23-21-27)43-37(41)33-16-7-8-17-34(33)38(42)44-32-15-11-12-28(24-32)26-40-36-19-10-6-14-30(36)4-2/h5-26H,3-4H2,1-2H3. The predicted molar refractivity (Wildman–Crippen MR) is 175 cm³/mol. The van der Waals surface area contributed by atoms with Gasteiger partial charge in [-0.15, -0.1) is 0 Å². The molecule has 218 valence electrons. The molecule has 5 aromatic rings. The smallest absolute Gasteiger partial charge is 0.344 e. The summed E-state index contributed by atoms with van der Waals surface area (Å²) >= 11 is 0. The zero-order valence-electron chi connectivity index (χ0n) is 24.6. The van der Waals surface area contributed by atoms with E-state index in [2.05, 4.69) is 29.9 Å². The van der Waals surface area contributed by atoms with E-state index in [0.717, 1.165) is 40.9 Å². The van der Waals surface area contributed by atoms with Gasteiger partial charge < -0.3 is 9.47 Å². The summed E-state index contributed by atoms with van der Waals surface area (Å²) in [6, 6.07) is 36.5. The Morgan fingerprint density at radius 1 is 0.545 bits per heavy atom. The van der Waals surface area contributed by atoms with Crippen LogP contribution in [0.4, 0.5) is 11.4 Å². The number of carbonyl (C=O) groups excluding carboxylic acids is 2. The maximum absolute atomic E-state index is 13.2. The molecule has 0 atom stereocenters. The fourth-order valence-electron chi connectivity index (χ4n) is 4.60. The summed E-state index contributed by atoms with van der Waals surface area (Å²) in [6.45, 7) is 4.18. The van der Waals surface area contributed by atoms with Crippen molar-refractivity contribution in [1.29, 1.82) is 0 Å². The minimum atomic E-state index is -0.665. The van der Waals surface area contributed by atoms with Crippen LogP contribution in [-0.4, -0.2) is 24.4 Å². The van der Waals surface area contributed by atoms with E-state index in [4.69, 9.17) is 9.47 Å². The van der Waals surface area contributed by atoms with E-state index in [9.17, 15) is 9.59 Å². The summed E-state index contributed by atoms with van der Waals surface area (Å²) in [7, 11) is 0. The van der Waals surface area contributed by atoms with E-state index >= 15 is 0 Å². The fourth-order valence-corrected chi connectivity index (χ4v) is 4.60. The van der Waals surface area contributed by atoms with Crippen LogP contribution in [-0.2, 0) is 12.8 Å². The first kappa shape index (κ1) is 29.9. The Hall–Kier alpha value is -5.62. The van der Waals surface area contributed by atoms with Gasteiger partial charge in [-0.2, -0.15) is 0 Å². The van der Waals surface area contributed by atoms with Gasteiger partial charge in [0.1, 0.15) is 11.5 Å². The van der Waals surface area contributed by atoms with Gasteiger partial charge >= 0.3 is 11.9 Å². The van der Waals surface area contributed by atoms with Crippen LogP contribution >= 0.6 is 0 Å². The van der Waals surface area contributed by atoms with Crippen molar-refractivity contribution in [2.24, 2.45) is 9.98 Å². The summed E-state index contributed by atoms with van der Waals surface area (Å²) in [5.74, 6) is -0.640. The van der Waals surface area contributed by atoms with Crippen LogP contribution < -0.4 is 9.47 Å². The highest BCUT2D eigenvalue weighted by Crippen LogP contribution is 2.22. The number of aliphatic imine (C=N–C) groups is 2. The van der Waals surface area contributed by atoms with Gasteiger partial charge in [-0.3, -0.25) is 9.98 Å². The van der Waals surface area contributed by atoms with E-state index in [1.807, 2.05) is 60.7 Å². The third-order valence-electron chi connectivity index (χ3n) is 6.98. The number of nitrogens with zero attached hydrogens (tertiary/aromatic N) is 2. The molecule has 0 spiro atoms. The first-order valence-electron chi connectivity index (χ1n) is 14.5. The number of para-hydroxylation sites is 2. The van der Waals surface area contributed by atoms with Gasteiger partial charge in [-0.25, -0.2) is 9.59 Å². The second-order valence-corrected chi connectivity index (χ2v) is 9.95. The molecule has 0 fully saturated rings. The van der Waals surface area contributed by atoms with E-state index in [0.29, 0.717) is 11.5 Å². The lowest BCUT2D eigenvalue weighted by Crippen LogP contribution is -2.17. The number of carbonyl (C=O) groups is 2. The number of aryl methyl sites for hydroxylation is 2. The number of esters is 2. The van der Waals surface area contributed by atoms with Crippen LogP contribution in [0.15, 0.2) is 131 Å². The molecule has 0 radical (unpaired) electrons. The molecule has 0 N–H and O–H groups in total. The average Bonchev–Trinajstić information content (AvgIpc) is 3.07. The summed E-state index contributed by atoms with van der Waals surface area (Å²) in [4.78, 5) is 35.5. The Kier molecular flexibility index (Phi) is 9.85. The highest BCUT2D eigenvalue weighted by Gasteiger charge is 2.20. The Bertz CT molecular complexity index is 1820. The molecule has 0 aliphatic carbocycles. The molecule has 0 saturated heterocycles. The second-order valence-electron chi connectivity index (χ2n) is 9.95. The number of hydrogen-bond acceptors (Lipinski definition) is 6. The molecule has 0 bridgehead atoms. The van der Waals surface area contributed by atoms with E-state index in [-0.39, 0.29) is 11.1 Å². The Balaban J connectivity index is 1.25. The van der Waals surface area contributed by atoms with E-state index < -0.39 is 11.9 Å². The third kappa shape index (κ3) is 7.61. The molecule has 0 amide bonds. The van der Waals surface area contributed by atoms with Crippen LogP contribution in [0.3, 0.4) is 0 Å². The van der Waals surface area contributed by atoms with Crippen molar-refractivity contribution < 1.29 is 19.1 Å². The number of ether oxygens (including phenoxy) is 2. The molecule has 44 heavy (non-hydrogen) atoms. The van der Waals surface area contributed by atoms with Gasteiger partial charge in [0.25, 0.3) is 0 Å². The van der Waals surface area contributed by atoms with Crippen molar-refractivity contribution in [3.8, 4) is 11.5 Å². The van der Waals surface area contributed by atoms with Crippen LogP contribution in [0.2, 0.25) is 0 Å². The Labute approximate surface area is 257 Å². The molecule has 0 aromatic heterocycles. The summed E-state index contributed by atoms with van der Waals surface area (Å²) in [5, 5.41) is 0. The summed E-state index contributed by atoms with van der Waals surface area (Å²) < 4.78 is 11.3. The van der Waals surface area contributed by atoms with Crippen LogP contribution in [0.5, 0.6) is 11.5 Å². The minimum Gasteiger partial charge on any atom is -0.423 e. The monoisotopic (exact) mass is 580 g/mol. The Morgan fingerprint density at radius 2 is 1.05 bits per heavy atom. The quantitative estimate of drug-likeness (QED) is 0.0940. The third-order valence-corrected chi connectivity index (χ3v) is 6.98. The molecule has 0 heterocycles. The molecule has 0 aliphatic rings. The van der Waals surface area contributed by atoms with Crippen molar-refractivity contribution >= 4 is 35.7 Å². The SMILES string of the molecule is CCc1ccccc1N=Cc1ccc(OC(=O)c2ccccc2C(=O)Oc2cccc(C=Nc3ccccc3CC)c2)cc1. The molecule has 0 saturated carbocycles. The minimum absolute atomic E-state index is 0.104. The lowest BCUT2D eigenvalue weighted by Gasteiger charge is -2.10. The fraction of sp³-hybridized carbons (Fsp3) is 0.105. The first-order valence-corrected chi connectivity index (χ1v) is 14.5. The molecule has 6 nitrogen and oxygen atoms in total. The van der Waals surface area contributed by atoms with E-state index in [1.54, 1.807) is 67.0 Å². The Morgan fingerprint density at radius 3 is 1.61 bits per heavy atom. The van der Waals surface area contributed by atoms with Gasteiger partial charge in [0.15, 0.2) is 0 Å². The normalized spacial score (nSPS) is 11.1. The molecule has 0 unspecified atom stereocenters. The maximum atomic E-state index is 13.2. The van der Waals surface area contributed by atoms with Crippen molar-refractivity contribution in [2.75, 3.05) is 0 Å². The number of rotatable bonds is 10. The predicted octanol–water partition coefficient (Wildman–Crippen LogP) is 8.75. The summed E-state index contributed by atoms with van der Waals surface area (Å²) in [6.07, 6.45) is 5.28. The molecular weight excluding hydrogens is 548 g/mol. The maximum Gasteiger partial charge on any atom is 0.344 e. The van der Waals surface area contributed by atoms with Gasteiger partial charge in [0.2, 0.25) is 0 Å². The molecule has 5 aromatic carbocycles. The van der Waals surface area contributed by atoms with Crippen molar-refractivity contribution in [3.63, 3.8) is 0 Å². The van der Waals surface area contributed by atoms with Crippen molar-refractivity contribution in [1.82, 2.24) is 0 Å². The highest BCUT2D eigenvalue weighted by molar-refractivity contribution is 6.04. The van der Waals surface area contributed by atoms with Gasteiger partial charge in [-0.1, -0.05) is 74.5 Å².